The molecule has 0 amide bonds. The van der Waals surface area contributed by atoms with Crippen LogP contribution in [0.15, 0.2) is 6.20 Å². The standard InChI is InChI=1S/C12H22ClN3O2/c1-8(2)11(17)12(18)10-9(13)7-14-16(10)6-5-15(3)4/h7-8,11-12,17-18H,5-6H2,1-4H3. The molecule has 1 heterocycles. The largest absolute Gasteiger partial charge is 0.390 e. The molecule has 18 heavy (non-hydrogen) atoms. The highest BCUT2D eigenvalue weighted by atomic mass is 35.5. The molecule has 2 atom stereocenters. The van der Waals surface area contributed by atoms with Gasteiger partial charge >= 0.3 is 0 Å². The van der Waals surface area contributed by atoms with E-state index in [2.05, 4.69) is 5.10 Å². The van der Waals surface area contributed by atoms with E-state index in [0.29, 0.717) is 17.3 Å². The van der Waals surface area contributed by atoms with Gasteiger partial charge in [-0.05, 0) is 20.0 Å². The van der Waals surface area contributed by atoms with Crippen molar-refractivity contribution in [1.82, 2.24) is 14.7 Å². The minimum Gasteiger partial charge on any atom is -0.390 e. The maximum Gasteiger partial charge on any atom is 0.123 e. The zero-order valence-corrected chi connectivity index (χ0v) is 12.1. The van der Waals surface area contributed by atoms with E-state index in [1.165, 1.54) is 6.20 Å². The highest BCUT2D eigenvalue weighted by molar-refractivity contribution is 6.31. The molecule has 0 saturated heterocycles. The molecule has 0 aliphatic rings. The fourth-order valence-electron chi connectivity index (χ4n) is 1.67. The van der Waals surface area contributed by atoms with Gasteiger partial charge in [0, 0.05) is 6.54 Å². The van der Waals surface area contributed by atoms with Gasteiger partial charge in [-0.2, -0.15) is 5.10 Å². The molecular weight excluding hydrogens is 254 g/mol. The molecule has 0 spiro atoms. The van der Waals surface area contributed by atoms with E-state index in [-0.39, 0.29) is 5.92 Å². The maximum absolute atomic E-state index is 10.2. The third kappa shape index (κ3) is 3.68. The molecule has 0 bridgehead atoms. The molecule has 5 nitrogen and oxygen atoms in total. The van der Waals surface area contributed by atoms with Crippen LogP contribution in [-0.4, -0.2) is 51.6 Å². The van der Waals surface area contributed by atoms with Crippen LogP contribution in [0.2, 0.25) is 5.02 Å². The molecule has 0 aliphatic carbocycles. The summed E-state index contributed by atoms with van der Waals surface area (Å²) in [5.41, 5.74) is 0.486. The topological polar surface area (TPSA) is 61.5 Å². The summed E-state index contributed by atoms with van der Waals surface area (Å²) in [6.07, 6.45) is -0.359. The summed E-state index contributed by atoms with van der Waals surface area (Å²) < 4.78 is 1.65. The molecule has 104 valence electrons. The van der Waals surface area contributed by atoms with Crippen molar-refractivity contribution in [3.05, 3.63) is 16.9 Å². The SMILES string of the molecule is CC(C)C(O)C(O)c1c(Cl)cnn1CCN(C)C. The first-order valence-electron chi connectivity index (χ1n) is 6.06. The van der Waals surface area contributed by atoms with E-state index in [9.17, 15) is 10.2 Å². The molecule has 0 aliphatic heterocycles. The summed E-state index contributed by atoms with van der Waals surface area (Å²) in [6, 6.07) is 0. The normalized spacial score (nSPS) is 15.4. The summed E-state index contributed by atoms with van der Waals surface area (Å²) in [5.74, 6) is -0.0479. The molecule has 2 N–H and O–H groups in total. The van der Waals surface area contributed by atoms with Crippen LogP contribution >= 0.6 is 11.6 Å². The predicted molar refractivity (Wildman–Crippen MR) is 71.6 cm³/mol. The third-order valence-electron chi connectivity index (χ3n) is 2.88. The minimum atomic E-state index is -1.01. The molecule has 6 heteroatoms. The monoisotopic (exact) mass is 275 g/mol. The third-order valence-corrected chi connectivity index (χ3v) is 3.17. The van der Waals surface area contributed by atoms with Gasteiger partial charge in [-0.3, -0.25) is 4.68 Å². The minimum absolute atomic E-state index is 0.0479. The lowest BCUT2D eigenvalue weighted by Gasteiger charge is -2.22. The van der Waals surface area contributed by atoms with Gasteiger partial charge in [0.2, 0.25) is 0 Å². The molecule has 2 unspecified atom stereocenters. The number of aliphatic hydroxyl groups is 2. The van der Waals surface area contributed by atoms with Gasteiger partial charge in [0.15, 0.2) is 0 Å². The summed E-state index contributed by atoms with van der Waals surface area (Å²) in [6.45, 7) is 5.11. The summed E-state index contributed by atoms with van der Waals surface area (Å²) in [5, 5.41) is 24.6. The van der Waals surface area contributed by atoms with Gasteiger partial charge in [-0.1, -0.05) is 25.4 Å². The van der Waals surface area contributed by atoms with Gasteiger partial charge in [-0.25, -0.2) is 0 Å². The van der Waals surface area contributed by atoms with E-state index in [4.69, 9.17) is 11.6 Å². The van der Waals surface area contributed by atoms with Crippen molar-refractivity contribution >= 4 is 11.6 Å². The van der Waals surface area contributed by atoms with Crippen LogP contribution in [0, 0.1) is 5.92 Å². The van der Waals surface area contributed by atoms with Crippen LogP contribution in [-0.2, 0) is 6.54 Å². The Balaban J connectivity index is 2.89. The van der Waals surface area contributed by atoms with E-state index in [0.717, 1.165) is 6.54 Å². The van der Waals surface area contributed by atoms with Crippen LogP contribution < -0.4 is 0 Å². The summed E-state index contributed by atoms with van der Waals surface area (Å²) in [4.78, 5) is 2.02. The van der Waals surface area contributed by atoms with Crippen LogP contribution in [0.4, 0.5) is 0 Å². The van der Waals surface area contributed by atoms with Gasteiger partial charge in [0.05, 0.1) is 29.6 Å². The first kappa shape index (κ1) is 15.4. The average molecular weight is 276 g/mol. The van der Waals surface area contributed by atoms with Gasteiger partial charge in [0.1, 0.15) is 6.10 Å². The molecule has 1 rings (SSSR count). The smallest absolute Gasteiger partial charge is 0.123 e. The fraction of sp³-hybridized carbons (Fsp3) is 0.750. The van der Waals surface area contributed by atoms with Crippen LogP contribution in [0.5, 0.6) is 0 Å². The van der Waals surface area contributed by atoms with Crippen molar-refractivity contribution in [2.24, 2.45) is 5.92 Å². The van der Waals surface area contributed by atoms with Gasteiger partial charge < -0.3 is 15.1 Å². The average Bonchev–Trinajstić information content (AvgIpc) is 2.65. The first-order chi connectivity index (χ1) is 8.34. The van der Waals surface area contributed by atoms with Gasteiger partial charge in [-0.15, -0.1) is 0 Å². The Hall–Kier alpha value is -0.620. The van der Waals surface area contributed by atoms with Crippen molar-refractivity contribution in [3.8, 4) is 0 Å². The molecule has 0 saturated carbocycles. The Morgan fingerprint density at radius 1 is 1.39 bits per heavy atom. The zero-order chi connectivity index (χ0) is 13.9. The number of rotatable bonds is 6. The van der Waals surface area contributed by atoms with Crippen molar-refractivity contribution in [2.45, 2.75) is 32.6 Å². The number of nitrogens with zero attached hydrogens (tertiary/aromatic N) is 3. The lowest BCUT2D eigenvalue weighted by molar-refractivity contribution is -0.0141. The molecule has 0 radical (unpaired) electrons. The Bertz CT molecular complexity index is 379. The van der Waals surface area contributed by atoms with Crippen molar-refractivity contribution in [3.63, 3.8) is 0 Å². The summed E-state index contributed by atoms with van der Waals surface area (Å²) >= 11 is 6.04. The second-order valence-electron chi connectivity index (χ2n) is 5.08. The number of aromatic nitrogens is 2. The summed E-state index contributed by atoms with van der Waals surface area (Å²) in [7, 11) is 3.92. The quantitative estimate of drug-likeness (QED) is 0.818. The highest BCUT2D eigenvalue weighted by Crippen LogP contribution is 2.27. The Morgan fingerprint density at radius 3 is 2.50 bits per heavy atom. The van der Waals surface area contributed by atoms with E-state index < -0.39 is 12.2 Å². The Morgan fingerprint density at radius 2 is 2.00 bits per heavy atom. The second kappa shape index (κ2) is 6.52. The number of hydrogen-bond donors (Lipinski definition) is 2. The number of likely N-dealkylation sites (N-methyl/N-ethyl adjacent to an activating group) is 1. The van der Waals surface area contributed by atoms with E-state index >= 15 is 0 Å². The van der Waals surface area contributed by atoms with E-state index in [1.807, 2.05) is 32.8 Å². The number of aliphatic hydroxyl groups excluding tert-OH is 2. The highest BCUT2D eigenvalue weighted by Gasteiger charge is 2.27. The number of halogens is 1. The molecule has 0 aromatic carbocycles. The molecular formula is C12H22ClN3O2. The zero-order valence-electron chi connectivity index (χ0n) is 11.3. The Kier molecular flexibility index (Phi) is 5.59. The van der Waals surface area contributed by atoms with Crippen LogP contribution in [0.3, 0.4) is 0 Å². The second-order valence-corrected chi connectivity index (χ2v) is 5.49. The van der Waals surface area contributed by atoms with Crippen molar-refractivity contribution in [2.75, 3.05) is 20.6 Å². The van der Waals surface area contributed by atoms with Crippen LogP contribution in [0.1, 0.15) is 25.6 Å². The molecule has 0 fully saturated rings. The van der Waals surface area contributed by atoms with Gasteiger partial charge in [0.25, 0.3) is 0 Å². The van der Waals surface area contributed by atoms with Crippen molar-refractivity contribution < 1.29 is 10.2 Å². The molecule has 1 aromatic heterocycles. The number of hydrogen-bond acceptors (Lipinski definition) is 4. The first-order valence-corrected chi connectivity index (χ1v) is 6.44. The van der Waals surface area contributed by atoms with Crippen molar-refractivity contribution in [1.29, 1.82) is 0 Å². The lowest BCUT2D eigenvalue weighted by atomic mass is 9.99. The fourth-order valence-corrected chi connectivity index (χ4v) is 1.92. The van der Waals surface area contributed by atoms with Crippen LogP contribution in [0.25, 0.3) is 0 Å². The predicted octanol–water partition coefficient (Wildman–Crippen LogP) is 1.15. The van der Waals surface area contributed by atoms with E-state index in [1.54, 1.807) is 4.68 Å². The lowest BCUT2D eigenvalue weighted by Crippen LogP contribution is -2.28. The molecule has 1 aromatic rings. The maximum atomic E-state index is 10.2. The Labute approximate surface area is 113 Å².